The van der Waals surface area contributed by atoms with Gasteiger partial charge < -0.3 is 65.1 Å². The third-order valence-electron chi connectivity index (χ3n) is 16.8. The van der Waals surface area contributed by atoms with Crippen LogP contribution in [0.5, 0.6) is 0 Å². The predicted molar refractivity (Wildman–Crippen MR) is 332 cm³/mol. The standard InChI is InChI=1S/C68H127NO13/c1-3-5-7-9-11-13-15-17-19-21-23-25-26-27-28-29-30-32-33-35-37-39-41-43-45-47-49-51-57(72)56(55-79-67-65(78)63(76)66(59(54-71)81-67)82-68-64(77)62(75)61(74)58(53-70)80-68)69-60(73)52-50-48-46-44-42-40-38-36-34-31-24-22-20-18-16-14-12-10-8-6-4-2/h33,35,41,43,49,51,56-59,61-68,70-72,74-78H,3-32,34,36-40,42,44-48,50,52-55H2,1-2H3,(H,69,73)/b35-33+,43-41+,51-49+. The van der Waals surface area contributed by atoms with Crippen LogP contribution in [0.1, 0.15) is 296 Å². The molecule has 14 nitrogen and oxygen atoms in total. The summed E-state index contributed by atoms with van der Waals surface area (Å²) >= 11 is 0. The molecule has 2 aliphatic heterocycles. The molecule has 0 bridgehead atoms. The predicted octanol–water partition coefficient (Wildman–Crippen LogP) is 13.3. The molecule has 2 saturated heterocycles. The first kappa shape index (κ1) is 76.3. The zero-order valence-electron chi connectivity index (χ0n) is 52.2. The van der Waals surface area contributed by atoms with Gasteiger partial charge in [0, 0.05) is 6.42 Å². The summed E-state index contributed by atoms with van der Waals surface area (Å²) in [5.74, 6) is -0.248. The van der Waals surface area contributed by atoms with Crippen molar-refractivity contribution in [1.82, 2.24) is 5.32 Å². The minimum atomic E-state index is -1.79. The molecule has 2 aliphatic rings. The summed E-state index contributed by atoms with van der Waals surface area (Å²) in [4.78, 5) is 13.3. The van der Waals surface area contributed by atoms with Gasteiger partial charge in [-0.15, -0.1) is 0 Å². The molecular weight excluding hydrogens is 1040 g/mol. The molecule has 0 aromatic rings. The van der Waals surface area contributed by atoms with E-state index < -0.39 is 86.8 Å². The fourth-order valence-corrected chi connectivity index (χ4v) is 11.3. The van der Waals surface area contributed by atoms with E-state index in [2.05, 4.69) is 43.5 Å². The molecule has 14 heteroatoms. The molecule has 0 radical (unpaired) electrons. The normalized spacial score (nSPS) is 24.1. The minimum absolute atomic E-state index is 0.248. The van der Waals surface area contributed by atoms with Crippen molar-refractivity contribution >= 4 is 5.91 Å². The summed E-state index contributed by atoms with van der Waals surface area (Å²) in [7, 11) is 0. The van der Waals surface area contributed by atoms with Gasteiger partial charge in [0.15, 0.2) is 12.6 Å². The van der Waals surface area contributed by atoms with Crippen molar-refractivity contribution in [2.45, 2.75) is 370 Å². The molecule has 12 atom stereocenters. The van der Waals surface area contributed by atoms with Gasteiger partial charge in [0.1, 0.15) is 48.8 Å². The van der Waals surface area contributed by atoms with Gasteiger partial charge >= 0.3 is 0 Å². The highest BCUT2D eigenvalue weighted by Gasteiger charge is 2.51. The highest BCUT2D eigenvalue weighted by molar-refractivity contribution is 5.76. The maximum atomic E-state index is 13.3. The molecule has 0 aromatic heterocycles. The second-order valence-electron chi connectivity index (χ2n) is 24.3. The largest absolute Gasteiger partial charge is 0.394 e. The number of aliphatic hydroxyl groups excluding tert-OH is 8. The van der Waals surface area contributed by atoms with Gasteiger partial charge in [-0.2, -0.15) is 0 Å². The molecule has 12 unspecified atom stereocenters. The van der Waals surface area contributed by atoms with Gasteiger partial charge in [-0.1, -0.05) is 281 Å². The fourth-order valence-electron chi connectivity index (χ4n) is 11.3. The molecule has 0 spiro atoms. The highest BCUT2D eigenvalue weighted by atomic mass is 16.7. The van der Waals surface area contributed by atoms with Crippen molar-refractivity contribution < 1.29 is 64.6 Å². The van der Waals surface area contributed by atoms with Crippen LogP contribution in [0.3, 0.4) is 0 Å². The summed E-state index contributed by atoms with van der Waals surface area (Å²) in [6.45, 7) is 2.82. The molecule has 82 heavy (non-hydrogen) atoms. The number of amides is 1. The zero-order valence-corrected chi connectivity index (χ0v) is 52.2. The summed E-state index contributed by atoms with van der Waals surface area (Å²) < 4.78 is 22.8. The summed E-state index contributed by atoms with van der Waals surface area (Å²) in [5, 5.41) is 87.3. The maximum Gasteiger partial charge on any atom is 0.220 e. The monoisotopic (exact) mass is 1170 g/mol. The van der Waals surface area contributed by atoms with E-state index >= 15 is 0 Å². The Morgan fingerprint density at radius 2 is 0.780 bits per heavy atom. The number of hydrogen-bond acceptors (Lipinski definition) is 13. The zero-order chi connectivity index (χ0) is 59.5. The second kappa shape index (κ2) is 53.4. The number of rotatable bonds is 56. The first-order chi connectivity index (χ1) is 40.1. The maximum absolute atomic E-state index is 13.3. The third kappa shape index (κ3) is 37.7. The van der Waals surface area contributed by atoms with E-state index in [9.17, 15) is 45.6 Å². The Bertz CT molecular complexity index is 1510. The molecule has 1 amide bonds. The lowest BCUT2D eigenvalue weighted by atomic mass is 9.97. The molecule has 482 valence electrons. The lowest BCUT2D eigenvalue weighted by molar-refractivity contribution is -0.359. The van der Waals surface area contributed by atoms with Gasteiger partial charge in [0.25, 0.3) is 0 Å². The van der Waals surface area contributed by atoms with Crippen LogP contribution in [0.15, 0.2) is 36.5 Å². The Hall–Kier alpha value is -1.79. The van der Waals surface area contributed by atoms with Gasteiger partial charge in [0.05, 0.1) is 32.0 Å². The second-order valence-corrected chi connectivity index (χ2v) is 24.3. The number of hydrogen-bond donors (Lipinski definition) is 9. The number of unbranched alkanes of at least 4 members (excludes halogenated alkanes) is 39. The van der Waals surface area contributed by atoms with E-state index in [1.807, 2.05) is 6.08 Å². The molecule has 0 aromatic carbocycles. The van der Waals surface area contributed by atoms with Crippen LogP contribution >= 0.6 is 0 Å². The summed E-state index contributed by atoms with van der Waals surface area (Å²) in [6, 6.07) is -0.936. The fraction of sp³-hybridized carbons (Fsp3) is 0.897. The first-order valence-corrected chi connectivity index (χ1v) is 34.2. The van der Waals surface area contributed by atoms with Crippen LogP contribution in [-0.4, -0.2) is 140 Å². The van der Waals surface area contributed by atoms with E-state index in [0.29, 0.717) is 12.8 Å². The Morgan fingerprint density at radius 1 is 0.427 bits per heavy atom. The van der Waals surface area contributed by atoms with Gasteiger partial charge in [-0.05, 0) is 44.9 Å². The number of aliphatic hydroxyl groups is 8. The van der Waals surface area contributed by atoms with Crippen LogP contribution in [0.2, 0.25) is 0 Å². The smallest absolute Gasteiger partial charge is 0.220 e. The molecule has 0 aliphatic carbocycles. The molecule has 9 N–H and O–H groups in total. The average molecular weight is 1170 g/mol. The van der Waals surface area contributed by atoms with Crippen LogP contribution in [0, 0.1) is 0 Å². The van der Waals surface area contributed by atoms with Gasteiger partial charge in [-0.3, -0.25) is 4.79 Å². The Morgan fingerprint density at radius 3 is 1.20 bits per heavy atom. The SMILES string of the molecule is CCCCCCCCCCCCCCCCCCC/C=C/CC/C=C/CC/C=C/C(O)C(COC1OC(CO)C(OC2OC(CO)C(O)C(O)C2O)C(O)C1O)NC(=O)CCCCCCCCCCCCCCCCCCCCCCC. The van der Waals surface area contributed by atoms with E-state index in [1.54, 1.807) is 6.08 Å². The van der Waals surface area contributed by atoms with Crippen molar-refractivity contribution in [3.8, 4) is 0 Å². The van der Waals surface area contributed by atoms with E-state index in [0.717, 1.165) is 44.9 Å². The van der Waals surface area contributed by atoms with Crippen LogP contribution in [-0.2, 0) is 23.7 Å². The number of carbonyl (C=O) groups is 1. The van der Waals surface area contributed by atoms with E-state index in [4.69, 9.17) is 18.9 Å². The van der Waals surface area contributed by atoms with E-state index in [-0.39, 0.29) is 18.9 Å². The highest BCUT2D eigenvalue weighted by Crippen LogP contribution is 2.30. The van der Waals surface area contributed by atoms with Crippen molar-refractivity contribution in [3.63, 3.8) is 0 Å². The topological polar surface area (TPSA) is 228 Å². The Balaban J connectivity index is 1.72. The minimum Gasteiger partial charge on any atom is -0.394 e. The van der Waals surface area contributed by atoms with Crippen LogP contribution in [0.25, 0.3) is 0 Å². The summed E-state index contributed by atoms with van der Waals surface area (Å²) in [6.07, 6.45) is 50.6. The van der Waals surface area contributed by atoms with Gasteiger partial charge in [-0.25, -0.2) is 0 Å². The Labute approximate surface area is 500 Å². The van der Waals surface area contributed by atoms with Crippen LogP contribution in [0.4, 0.5) is 0 Å². The lowest BCUT2D eigenvalue weighted by Crippen LogP contribution is -2.65. The van der Waals surface area contributed by atoms with Crippen molar-refractivity contribution in [1.29, 1.82) is 0 Å². The summed E-state index contributed by atoms with van der Waals surface area (Å²) in [5.41, 5.74) is 0. The molecule has 2 rings (SSSR count). The number of carbonyl (C=O) groups excluding carboxylic acids is 1. The number of nitrogens with one attached hydrogen (secondary N) is 1. The van der Waals surface area contributed by atoms with Crippen molar-refractivity contribution in [3.05, 3.63) is 36.5 Å². The molecular formula is C68H127NO13. The number of ether oxygens (including phenoxy) is 4. The average Bonchev–Trinajstić information content (AvgIpc) is 3.67. The van der Waals surface area contributed by atoms with Gasteiger partial charge in [0.2, 0.25) is 5.91 Å². The van der Waals surface area contributed by atoms with Crippen molar-refractivity contribution in [2.75, 3.05) is 19.8 Å². The van der Waals surface area contributed by atoms with Crippen LogP contribution < -0.4 is 5.32 Å². The lowest BCUT2D eigenvalue weighted by Gasteiger charge is -2.46. The Kier molecular flexibility index (Phi) is 49.7. The first-order valence-electron chi connectivity index (χ1n) is 34.2. The van der Waals surface area contributed by atoms with E-state index in [1.165, 1.54) is 218 Å². The quantitative estimate of drug-likeness (QED) is 0.0204. The molecule has 2 fully saturated rings. The molecule has 0 saturated carbocycles. The molecule has 2 heterocycles. The third-order valence-corrected chi connectivity index (χ3v) is 16.8. The number of allylic oxidation sites excluding steroid dienone is 5. The van der Waals surface area contributed by atoms with Crippen molar-refractivity contribution in [2.24, 2.45) is 0 Å².